The van der Waals surface area contributed by atoms with Gasteiger partial charge in [0, 0.05) is 42.4 Å². The summed E-state index contributed by atoms with van der Waals surface area (Å²) in [5.41, 5.74) is 4.66. The van der Waals surface area contributed by atoms with Crippen LogP contribution < -0.4 is 10.3 Å². The van der Waals surface area contributed by atoms with Gasteiger partial charge in [-0.05, 0) is 65.0 Å². The molecule has 1 aliphatic heterocycles. The van der Waals surface area contributed by atoms with E-state index in [9.17, 15) is 4.79 Å². The van der Waals surface area contributed by atoms with Crippen LogP contribution in [0.5, 0.6) is 5.75 Å². The minimum atomic E-state index is -0.164. The van der Waals surface area contributed by atoms with Crippen molar-refractivity contribution in [2.24, 2.45) is 0 Å². The maximum atomic E-state index is 12.4. The molecule has 3 aromatic rings. The number of aromatic nitrogens is 3. The molecule has 0 bridgehead atoms. The molecule has 0 saturated heterocycles. The average Bonchev–Trinajstić information content (AvgIpc) is 3.16. The van der Waals surface area contributed by atoms with Gasteiger partial charge in [0.15, 0.2) is 0 Å². The third kappa shape index (κ3) is 4.96. The van der Waals surface area contributed by atoms with Crippen molar-refractivity contribution in [3.63, 3.8) is 0 Å². The van der Waals surface area contributed by atoms with Crippen LogP contribution in [0, 0.1) is 0 Å². The van der Waals surface area contributed by atoms with Crippen molar-refractivity contribution in [2.75, 3.05) is 0 Å². The van der Waals surface area contributed by atoms with Crippen molar-refractivity contribution in [2.45, 2.75) is 52.6 Å². The Kier molecular flexibility index (Phi) is 6.29. The molecule has 30 heavy (non-hydrogen) atoms. The summed E-state index contributed by atoms with van der Waals surface area (Å²) in [6.07, 6.45) is 4.07. The van der Waals surface area contributed by atoms with Crippen molar-refractivity contribution in [3.8, 4) is 5.75 Å². The molecule has 0 aliphatic carbocycles. The Morgan fingerprint density at radius 2 is 1.93 bits per heavy atom. The van der Waals surface area contributed by atoms with E-state index < -0.39 is 0 Å². The lowest BCUT2D eigenvalue weighted by atomic mass is 10.0. The highest BCUT2D eigenvalue weighted by molar-refractivity contribution is 9.10. The van der Waals surface area contributed by atoms with Gasteiger partial charge in [-0.15, -0.1) is 0 Å². The highest BCUT2D eigenvalue weighted by atomic mass is 79.9. The summed E-state index contributed by atoms with van der Waals surface area (Å²) in [7, 11) is 0. The first kappa shape index (κ1) is 20.8. The first-order chi connectivity index (χ1) is 14.5. The molecule has 0 spiro atoms. The standard InChI is InChI=1S/C23H25BrN4O2/c1-16(2)27-13-18-4-3-17(9-19(18)14-27)7-8-28-23(29)10-22(12-26-28)30-15-21-6-5-20(24)11-25-21/h3-6,9-12,16H,7-8,13-15H2,1-2H3. The Morgan fingerprint density at radius 1 is 1.10 bits per heavy atom. The van der Waals surface area contributed by atoms with Gasteiger partial charge in [-0.3, -0.25) is 14.7 Å². The highest BCUT2D eigenvalue weighted by Crippen LogP contribution is 2.25. The lowest BCUT2D eigenvalue weighted by molar-refractivity contribution is 0.227. The molecule has 1 aliphatic rings. The molecule has 3 heterocycles. The van der Waals surface area contributed by atoms with Crippen LogP contribution in [0.25, 0.3) is 0 Å². The summed E-state index contributed by atoms with van der Waals surface area (Å²) in [4.78, 5) is 19.1. The molecule has 0 unspecified atom stereocenters. The zero-order valence-electron chi connectivity index (χ0n) is 17.2. The Hall–Kier alpha value is -2.51. The smallest absolute Gasteiger partial charge is 0.270 e. The van der Waals surface area contributed by atoms with Crippen LogP contribution in [-0.4, -0.2) is 25.7 Å². The van der Waals surface area contributed by atoms with Crippen LogP contribution in [0.1, 0.15) is 36.2 Å². The van der Waals surface area contributed by atoms with Crippen LogP contribution in [0.15, 0.2) is 58.1 Å². The maximum absolute atomic E-state index is 12.4. The molecule has 0 radical (unpaired) electrons. The molecule has 7 heteroatoms. The second-order valence-corrected chi connectivity index (χ2v) is 8.78. The third-order valence-corrected chi connectivity index (χ3v) is 5.85. The lowest BCUT2D eigenvalue weighted by Gasteiger charge is -2.18. The quantitative estimate of drug-likeness (QED) is 0.525. The van der Waals surface area contributed by atoms with E-state index in [1.54, 1.807) is 12.4 Å². The predicted octanol–water partition coefficient (Wildman–Crippen LogP) is 3.95. The second kappa shape index (κ2) is 9.10. The fourth-order valence-electron chi connectivity index (χ4n) is 3.54. The van der Waals surface area contributed by atoms with Gasteiger partial charge in [0.1, 0.15) is 12.4 Å². The molecule has 0 amide bonds. The van der Waals surface area contributed by atoms with Crippen LogP contribution in [0.3, 0.4) is 0 Å². The summed E-state index contributed by atoms with van der Waals surface area (Å²) in [5, 5.41) is 4.27. The minimum Gasteiger partial charge on any atom is -0.485 e. The average molecular weight is 469 g/mol. The van der Waals surface area contributed by atoms with Crippen LogP contribution >= 0.6 is 15.9 Å². The fraction of sp³-hybridized carbons (Fsp3) is 0.348. The van der Waals surface area contributed by atoms with Gasteiger partial charge < -0.3 is 4.74 Å². The summed E-state index contributed by atoms with van der Waals surface area (Å²) in [6, 6.07) is 12.5. The van der Waals surface area contributed by atoms with Crippen molar-refractivity contribution < 1.29 is 4.74 Å². The second-order valence-electron chi connectivity index (χ2n) is 7.86. The van der Waals surface area contributed by atoms with E-state index in [1.807, 2.05) is 12.1 Å². The van der Waals surface area contributed by atoms with Crippen LogP contribution in [0.4, 0.5) is 0 Å². The predicted molar refractivity (Wildman–Crippen MR) is 119 cm³/mol. The number of hydrogen-bond acceptors (Lipinski definition) is 5. The largest absolute Gasteiger partial charge is 0.485 e. The number of pyridine rings is 1. The van der Waals surface area contributed by atoms with Gasteiger partial charge >= 0.3 is 0 Å². The van der Waals surface area contributed by atoms with E-state index in [-0.39, 0.29) is 5.56 Å². The number of ether oxygens (including phenoxy) is 1. The molecule has 2 aromatic heterocycles. The first-order valence-electron chi connectivity index (χ1n) is 10.1. The number of aryl methyl sites for hydroxylation is 2. The van der Waals surface area contributed by atoms with Gasteiger partial charge in [0.2, 0.25) is 0 Å². The first-order valence-corrected chi connectivity index (χ1v) is 10.9. The molecular formula is C23H25BrN4O2. The van der Waals surface area contributed by atoms with E-state index in [0.717, 1.165) is 29.7 Å². The Morgan fingerprint density at radius 3 is 2.67 bits per heavy atom. The highest BCUT2D eigenvalue weighted by Gasteiger charge is 2.20. The zero-order chi connectivity index (χ0) is 21.1. The maximum Gasteiger partial charge on any atom is 0.270 e. The SMILES string of the molecule is CC(C)N1Cc2ccc(CCn3ncc(OCc4ccc(Br)cn4)cc3=O)cc2C1. The number of nitrogens with zero attached hydrogens (tertiary/aromatic N) is 4. The summed E-state index contributed by atoms with van der Waals surface area (Å²) in [5.74, 6) is 0.451. The van der Waals surface area contributed by atoms with Crippen molar-refractivity contribution >= 4 is 15.9 Å². The van der Waals surface area contributed by atoms with E-state index >= 15 is 0 Å². The van der Waals surface area contributed by atoms with E-state index in [4.69, 9.17) is 4.74 Å². The summed E-state index contributed by atoms with van der Waals surface area (Å²) in [6.45, 7) is 7.31. The molecule has 0 fully saturated rings. The third-order valence-electron chi connectivity index (χ3n) is 5.38. The van der Waals surface area contributed by atoms with E-state index in [2.05, 4.69) is 63.0 Å². The topological polar surface area (TPSA) is 60.3 Å². The molecular weight excluding hydrogens is 444 g/mol. The molecule has 0 atom stereocenters. The summed E-state index contributed by atoms with van der Waals surface area (Å²) < 4.78 is 8.05. The lowest BCUT2D eigenvalue weighted by Crippen LogP contribution is -2.24. The van der Waals surface area contributed by atoms with E-state index in [0.29, 0.717) is 24.9 Å². The van der Waals surface area contributed by atoms with Gasteiger partial charge in [-0.1, -0.05) is 18.2 Å². The van der Waals surface area contributed by atoms with Crippen molar-refractivity contribution in [1.82, 2.24) is 19.7 Å². The Bertz CT molecular complexity index is 1080. The normalized spacial score (nSPS) is 13.6. The van der Waals surface area contributed by atoms with Gasteiger partial charge in [-0.2, -0.15) is 5.10 Å². The van der Waals surface area contributed by atoms with E-state index in [1.165, 1.54) is 27.4 Å². The van der Waals surface area contributed by atoms with Gasteiger partial charge in [-0.25, -0.2) is 4.68 Å². The number of halogens is 1. The molecule has 0 N–H and O–H groups in total. The molecule has 0 saturated carbocycles. The zero-order valence-corrected chi connectivity index (χ0v) is 18.8. The minimum absolute atomic E-state index is 0.164. The van der Waals surface area contributed by atoms with Crippen molar-refractivity contribution in [3.05, 3.63) is 86.0 Å². The monoisotopic (exact) mass is 468 g/mol. The van der Waals surface area contributed by atoms with Crippen LogP contribution in [0.2, 0.25) is 0 Å². The number of rotatable bonds is 7. The number of benzene rings is 1. The molecule has 156 valence electrons. The molecule has 1 aromatic carbocycles. The Labute approximate surface area is 184 Å². The fourth-order valence-corrected chi connectivity index (χ4v) is 3.78. The van der Waals surface area contributed by atoms with Gasteiger partial charge in [0.05, 0.1) is 11.9 Å². The molecule has 4 rings (SSSR count). The van der Waals surface area contributed by atoms with Crippen LogP contribution in [-0.2, 0) is 32.7 Å². The summed E-state index contributed by atoms with van der Waals surface area (Å²) >= 11 is 3.35. The number of fused-ring (bicyclic) bond motifs is 1. The number of hydrogen-bond donors (Lipinski definition) is 0. The van der Waals surface area contributed by atoms with Crippen molar-refractivity contribution in [1.29, 1.82) is 0 Å². The van der Waals surface area contributed by atoms with Gasteiger partial charge in [0.25, 0.3) is 5.56 Å². The Balaban J connectivity index is 1.35. The molecule has 6 nitrogen and oxygen atoms in total.